The second kappa shape index (κ2) is 7.37. The minimum atomic E-state index is 0.521. The fourth-order valence-electron chi connectivity index (χ4n) is 4.12. The number of hydrogen-bond acceptors (Lipinski definition) is 4. The van der Waals surface area contributed by atoms with Crippen LogP contribution in [0.3, 0.4) is 0 Å². The lowest BCUT2D eigenvalue weighted by molar-refractivity contribution is 0.615. The summed E-state index contributed by atoms with van der Waals surface area (Å²) in [5.41, 5.74) is 1.03. The van der Waals surface area contributed by atoms with Crippen molar-refractivity contribution in [2.24, 2.45) is 0 Å². The zero-order chi connectivity index (χ0) is 16.2. The van der Waals surface area contributed by atoms with Crippen molar-refractivity contribution in [3.05, 3.63) is 24.3 Å². The molecule has 24 heavy (non-hydrogen) atoms. The molecule has 0 spiro atoms. The predicted molar refractivity (Wildman–Crippen MR) is 101 cm³/mol. The Hall–Kier alpha value is -1.84. The van der Waals surface area contributed by atoms with Gasteiger partial charge in [-0.05, 0) is 37.8 Å². The van der Waals surface area contributed by atoms with E-state index in [4.69, 9.17) is 9.97 Å². The van der Waals surface area contributed by atoms with Crippen LogP contribution in [0.1, 0.15) is 64.2 Å². The van der Waals surface area contributed by atoms with Gasteiger partial charge in [-0.3, -0.25) is 0 Å². The van der Waals surface area contributed by atoms with Crippen LogP contribution in [0.15, 0.2) is 24.3 Å². The Kier molecular flexibility index (Phi) is 4.81. The number of rotatable bonds is 4. The molecule has 0 atom stereocenters. The molecule has 0 unspecified atom stereocenters. The fourth-order valence-corrected chi connectivity index (χ4v) is 4.12. The van der Waals surface area contributed by atoms with Crippen LogP contribution in [0.2, 0.25) is 0 Å². The first-order valence-corrected chi connectivity index (χ1v) is 9.68. The Balaban J connectivity index is 1.60. The molecule has 0 saturated heterocycles. The standard InChI is InChI=1S/C20H28N4/c1-2-4-10-16(9-3-1)22-20-23-18-14-8-7-13-17(18)19(24-20)21-15-11-5-6-12-15/h7-8,13-16H,1-6,9-12H2,(H2,21,22,23,24). The van der Waals surface area contributed by atoms with E-state index in [1.165, 1.54) is 64.2 Å². The van der Waals surface area contributed by atoms with Crippen LogP contribution in [0.4, 0.5) is 11.8 Å². The van der Waals surface area contributed by atoms with Crippen molar-refractivity contribution in [3.8, 4) is 0 Å². The van der Waals surface area contributed by atoms with Crippen LogP contribution in [0.5, 0.6) is 0 Å². The van der Waals surface area contributed by atoms with Crippen LogP contribution in [-0.4, -0.2) is 22.1 Å². The van der Waals surface area contributed by atoms with Crippen LogP contribution >= 0.6 is 0 Å². The second-order valence-corrected chi connectivity index (χ2v) is 7.37. The first-order valence-electron chi connectivity index (χ1n) is 9.68. The van der Waals surface area contributed by atoms with Gasteiger partial charge in [-0.15, -0.1) is 0 Å². The maximum absolute atomic E-state index is 4.86. The van der Waals surface area contributed by atoms with Gasteiger partial charge < -0.3 is 10.6 Å². The van der Waals surface area contributed by atoms with Crippen LogP contribution in [0.25, 0.3) is 10.9 Å². The van der Waals surface area contributed by atoms with Gasteiger partial charge in [0.1, 0.15) is 5.82 Å². The van der Waals surface area contributed by atoms with Gasteiger partial charge in [-0.2, -0.15) is 4.98 Å². The zero-order valence-electron chi connectivity index (χ0n) is 14.4. The summed E-state index contributed by atoms with van der Waals surface area (Å²) in [5, 5.41) is 8.43. The molecule has 0 aliphatic heterocycles. The molecular formula is C20H28N4. The van der Waals surface area contributed by atoms with Crippen molar-refractivity contribution in [1.82, 2.24) is 9.97 Å². The van der Waals surface area contributed by atoms with Gasteiger partial charge >= 0.3 is 0 Å². The molecule has 2 aromatic rings. The monoisotopic (exact) mass is 324 g/mol. The highest BCUT2D eigenvalue weighted by molar-refractivity contribution is 5.90. The first kappa shape index (κ1) is 15.7. The number of fused-ring (bicyclic) bond motifs is 1. The van der Waals surface area contributed by atoms with Crippen molar-refractivity contribution in [1.29, 1.82) is 0 Å². The maximum atomic E-state index is 4.86. The van der Waals surface area contributed by atoms with E-state index in [0.717, 1.165) is 22.7 Å². The van der Waals surface area contributed by atoms with E-state index >= 15 is 0 Å². The maximum Gasteiger partial charge on any atom is 0.225 e. The number of anilines is 2. The van der Waals surface area contributed by atoms with Crippen LogP contribution in [-0.2, 0) is 0 Å². The minimum Gasteiger partial charge on any atom is -0.367 e. The molecule has 2 N–H and O–H groups in total. The van der Waals surface area contributed by atoms with E-state index in [-0.39, 0.29) is 0 Å². The summed E-state index contributed by atoms with van der Waals surface area (Å²) in [4.78, 5) is 9.63. The third kappa shape index (κ3) is 3.63. The third-order valence-electron chi connectivity index (χ3n) is 5.49. The molecule has 1 aromatic carbocycles. The zero-order valence-corrected chi connectivity index (χ0v) is 14.4. The average molecular weight is 324 g/mol. The van der Waals surface area contributed by atoms with Crippen molar-refractivity contribution >= 4 is 22.7 Å². The lowest BCUT2D eigenvalue weighted by atomic mass is 10.1. The Morgan fingerprint density at radius 1 is 0.708 bits per heavy atom. The van der Waals surface area contributed by atoms with Crippen LogP contribution in [0, 0.1) is 0 Å². The number of hydrogen-bond donors (Lipinski definition) is 2. The summed E-state index contributed by atoms with van der Waals surface area (Å²) >= 11 is 0. The topological polar surface area (TPSA) is 49.8 Å². The summed E-state index contributed by atoms with van der Waals surface area (Å²) in [6, 6.07) is 9.44. The molecule has 4 heteroatoms. The third-order valence-corrected chi connectivity index (χ3v) is 5.49. The Morgan fingerprint density at radius 3 is 2.08 bits per heavy atom. The van der Waals surface area contributed by atoms with Gasteiger partial charge in [0.05, 0.1) is 5.52 Å². The quantitative estimate of drug-likeness (QED) is 0.766. The normalized spacial score (nSPS) is 20.2. The lowest BCUT2D eigenvalue weighted by Gasteiger charge is -2.19. The molecule has 0 amide bonds. The summed E-state index contributed by atoms with van der Waals surface area (Å²) in [5.74, 6) is 1.80. The predicted octanol–water partition coefficient (Wildman–Crippen LogP) is 5.12. The molecule has 1 heterocycles. The average Bonchev–Trinajstić information content (AvgIpc) is 2.98. The molecule has 2 fully saturated rings. The van der Waals surface area contributed by atoms with E-state index in [0.29, 0.717) is 12.1 Å². The van der Waals surface area contributed by atoms with E-state index in [1.54, 1.807) is 0 Å². The molecule has 2 saturated carbocycles. The van der Waals surface area contributed by atoms with Gasteiger partial charge in [-0.1, -0.05) is 50.7 Å². The number of nitrogens with zero attached hydrogens (tertiary/aromatic N) is 2. The molecule has 2 aliphatic carbocycles. The highest BCUT2D eigenvalue weighted by atomic mass is 15.2. The van der Waals surface area contributed by atoms with Crippen molar-refractivity contribution in [2.75, 3.05) is 10.6 Å². The molecule has 4 rings (SSSR count). The van der Waals surface area contributed by atoms with Gasteiger partial charge in [0.2, 0.25) is 5.95 Å². The van der Waals surface area contributed by atoms with E-state index in [1.807, 2.05) is 0 Å². The Morgan fingerprint density at radius 2 is 1.33 bits per heavy atom. The first-order chi connectivity index (χ1) is 11.9. The SMILES string of the molecule is c1ccc2c(NC3CCCC3)nc(NC3CCCCCC3)nc2c1. The van der Waals surface area contributed by atoms with E-state index in [9.17, 15) is 0 Å². The smallest absolute Gasteiger partial charge is 0.225 e. The van der Waals surface area contributed by atoms with E-state index in [2.05, 4.69) is 34.9 Å². The highest BCUT2D eigenvalue weighted by Crippen LogP contribution is 2.28. The fraction of sp³-hybridized carbons (Fsp3) is 0.600. The molecule has 2 aliphatic rings. The second-order valence-electron chi connectivity index (χ2n) is 7.37. The molecular weight excluding hydrogens is 296 g/mol. The molecule has 128 valence electrons. The van der Waals surface area contributed by atoms with Gasteiger partial charge in [-0.25, -0.2) is 4.98 Å². The largest absolute Gasteiger partial charge is 0.367 e. The molecule has 4 nitrogen and oxygen atoms in total. The lowest BCUT2D eigenvalue weighted by Crippen LogP contribution is -2.21. The number of nitrogens with one attached hydrogen (secondary N) is 2. The van der Waals surface area contributed by atoms with E-state index < -0.39 is 0 Å². The summed E-state index contributed by atoms with van der Waals surface area (Å²) in [6.45, 7) is 0. The van der Waals surface area contributed by atoms with Crippen molar-refractivity contribution < 1.29 is 0 Å². The Labute approximate surface area is 144 Å². The number of aromatic nitrogens is 2. The van der Waals surface area contributed by atoms with Gasteiger partial charge in [0, 0.05) is 17.5 Å². The van der Waals surface area contributed by atoms with Gasteiger partial charge in [0.15, 0.2) is 0 Å². The summed E-state index contributed by atoms with van der Waals surface area (Å²) in [7, 11) is 0. The number of para-hydroxylation sites is 1. The molecule has 0 bridgehead atoms. The summed E-state index contributed by atoms with van der Waals surface area (Å²) < 4.78 is 0. The number of benzene rings is 1. The summed E-state index contributed by atoms with van der Waals surface area (Å²) in [6.07, 6.45) is 13.0. The van der Waals surface area contributed by atoms with Crippen molar-refractivity contribution in [3.63, 3.8) is 0 Å². The molecule has 0 radical (unpaired) electrons. The van der Waals surface area contributed by atoms with Crippen molar-refractivity contribution in [2.45, 2.75) is 76.3 Å². The molecule has 1 aromatic heterocycles. The van der Waals surface area contributed by atoms with Gasteiger partial charge in [0.25, 0.3) is 0 Å². The minimum absolute atomic E-state index is 0.521. The highest BCUT2D eigenvalue weighted by Gasteiger charge is 2.18. The Bertz CT molecular complexity index is 670. The van der Waals surface area contributed by atoms with Crippen LogP contribution < -0.4 is 10.6 Å².